The number of anilines is 2. The second-order valence-corrected chi connectivity index (χ2v) is 9.19. The number of hydrogen-bond donors (Lipinski definition) is 2. The monoisotopic (exact) mass is 426 g/mol. The molecule has 0 aliphatic heterocycles. The Kier molecular flexibility index (Phi) is 6.30. The van der Waals surface area contributed by atoms with Gasteiger partial charge in [-0.05, 0) is 80.3 Å². The molecule has 0 heterocycles. The number of hydrogen-bond acceptors (Lipinski definition) is 4. The molecule has 3 aromatic rings. The van der Waals surface area contributed by atoms with Crippen molar-refractivity contribution in [2.24, 2.45) is 0 Å². The first kappa shape index (κ1) is 21.0. The van der Waals surface area contributed by atoms with Crippen molar-refractivity contribution in [1.82, 2.24) is 0 Å². The summed E-state index contributed by atoms with van der Waals surface area (Å²) in [4.78, 5) is 13.7. The van der Waals surface area contributed by atoms with Crippen LogP contribution in [0.5, 0.6) is 0 Å². The molecule has 0 atom stereocenters. The van der Waals surface area contributed by atoms with Crippen molar-refractivity contribution in [2.75, 3.05) is 16.3 Å². The quantitative estimate of drug-likeness (QED) is 0.539. The fourth-order valence-corrected chi connectivity index (χ4v) is 4.27. The Bertz CT molecular complexity index is 1120. The third kappa shape index (κ3) is 5.19. The molecule has 0 aliphatic carbocycles. The van der Waals surface area contributed by atoms with Gasteiger partial charge in [0.15, 0.2) is 0 Å². The van der Waals surface area contributed by atoms with Gasteiger partial charge in [0.05, 0.1) is 4.90 Å². The number of carbonyl (C=O) groups is 1. The minimum atomic E-state index is -3.69. The van der Waals surface area contributed by atoms with Crippen LogP contribution in [0.25, 0.3) is 0 Å². The first-order valence-corrected chi connectivity index (χ1v) is 11.6. The molecule has 3 rings (SSSR count). The Morgan fingerprint density at radius 2 is 1.55 bits per heavy atom. The molecule has 0 fully saturated rings. The van der Waals surface area contributed by atoms with E-state index in [2.05, 4.69) is 10.0 Å². The van der Waals surface area contributed by atoms with Crippen LogP contribution in [0, 0.1) is 13.8 Å². The second kappa shape index (κ2) is 8.71. The third-order valence-electron chi connectivity index (χ3n) is 4.40. The highest BCUT2D eigenvalue weighted by Crippen LogP contribution is 2.21. The van der Waals surface area contributed by atoms with Gasteiger partial charge in [0, 0.05) is 21.8 Å². The predicted molar refractivity (Wildman–Crippen MR) is 119 cm³/mol. The third-order valence-corrected chi connectivity index (χ3v) is 6.54. The first-order valence-electron chi connectivity index (χ1n) is 8.94. The molecule has 0 saturated heterocycles. The average Bonchev–Trinajstić information content (AvgIpc) is 2.70. The van der Waals surface area contributed by atoms with Gasteiger partial charge in [-0.25, -0.2) is 8.42 Å². The van der Waals surface area contributed by atoms with Crippen LogP contribution in [0.1, 0.15) is 21.5 Å². The number of carbonyl (C=O) groups excluding carboxylic acids is 1. The highest BCUT2D eigenvalue weighted by atomic mass is 32.2. The molecule has 5 nitrogen and oxygen atoms in total. The molecule has 0 aromatic heterocycles. The van der Waals surface area contributed by atoms with Crippen molar-refractivity contribution in [1.29, 1.82) is 0 Å². The summed E-state index contributed by atoms with van der Waals surface area (Å²) in [6.45, 7) is 3.93. The fourth-order valence-electron chi connectivity index (χ4n) is 2.81. The predicted octanol–water partition coefficient (Wildman–Crippen LogP) is 5.08. The van der Waals surface area contributed by atoms with Gasteiger partial charge in [0.1, 0.15) is 0 Å². The molecular formula is C22H22N2O3S2. The van der Waals surface area contributed by atoms with Gasteiger partial charge in [0.2, 0.25) is 0 Å². The molecule has 29 heavy (non-hydrogen) atoms. The van der Waals surface area contributed by atoms with Crippen LogP contribution in [-0.2, 0) is 10.0 Å². The van der Waals surface area contributed by atoms with E-state index in [9.17, 15) is 13.2 Å². The van der Waals surface area contributed by atoms with Crippen LogP contribution in [0.4, 0.5) is 11.4 Å². The van der Waals surface area contributed by atoms with Crippen LogP contribution in [0.15, 0.2) is 76.5 Å². The molecule has 0 bridgehead atoms. The summed E-state index contributed by atoms with van der Waals surface area (Å²) in [5.41, 5.74) is 3.69. The van der Waals surface area contributed by atoms with E-state index in [0.717, 1.165) is 21.7 Å². The zero-order chi connectivity index (χ0) is 21.0. The minimum absolute atomic E-state index is 0.187. The van der Waals surface area contributed by atoms with Crippen LogP contribution >= 0.6 is 11.8 Å². The van der Waals surface area contributed by atoms with E-state index in [1.54, 1.807) is 60.3 Å². The number of nitrogens with one attached hydrogen (secondary N) is 2. The molecule has 0 unspecified atom stereocenters. The maximum Gasteiger partial charge on any atom is 0.261 e. The van der Waals surface area contributed by atoms with Gasteiger partial charge in [-0.2, -0.15) is 0 Å². The Hall–Kier alpha value is -2.77. The van der Waals surface area contributed by atoms with Crippen molar-refractivity contribution in [2.45, 2.75) is 23.6 Å². The molecule has 150 valence electrons. The summed E-state index contributed by atoms with van der Waals surface area (Å²) in [5.74, 6) is -0.251. The second-order valence-electron chi connectivity index (χ2n) is 6.63. The molecular weight excluding hydrogens is 404 g/mol. The molecule has 2 N–H and O–H groups in total. The largest absolute Gasteiger partial charge is 0.322 e. The molecule has 0 spiro atoms. The van der Waals surface area contributed by atoms with Crippen molar-refractivity contribution in [3.63, 3.8) is 0 Å². The Morgan fingerprint density at radius 1 is 0.897 bits per heavy atom. The van der Waals surface area contributed by atoms with E-state index in [-0.39, 0.29) is 10.8 Å². The topological polar surface area (TPSA) is 75.3 Å². The molecule has 7 heteroatoms. The van der Waals surface area contributed by atoms with E-state index in [1.807, 2.05) is 38.3 Å². The van der Waals surface area contributed by atoms with Gasteiger partial charge in [-0.3, -0.25) is 9.52 Å². The minimum Gasteiger partial charge on any atom is -0.322 e. The fraction of sp³-hybridized carbons (Fsp3) is 0.136. The SMILES string of the molecule is CSc1ccc(S(=O)(=O)Nc2ccc(C(=O)Nc3ccc(C)cc3C)cc2)cc1. The van der Waals surface area contributed by atoms with E-state index in [0.29, 0.717) is 11.3 Å². The van der Waals surface area contributed by atoms with Crippen molar-refractivity contribution < 1.29 is 13.2 Å². The molecule has 1 amide bonds. The van der Waals surface area contributed by atoms with Crippen LogP contribution in [0.3, 0.4) is 0 Å². The van der Waals surface area contributed by atoms with Crippen LogP contribution in [0.2, 0.25) is 0 Å². The zero-order valence-corrected chi connectivity index (χ0v) is 18.0. The van der Waals surface area contributed by atoms with Crippen LogP contribution < -0.4 is 10.0 Å². The van der Waals surface area contributed by atoms with Gasteiger partial charge in [-0.15, -0.1) is 11.8 Å². The summed E-state index contributed by atoms with van der Waals surface area (Å²) in [7, 11) is -3.69. The van der Waals surface area contributed by atoms with E-state index in [4.69, 9.17) is 0 Å². The maximum atomic E-state index is 12.5. The van der Waals surface area contributed by atoms with E-state index in [1.165, 1.54) is 0 Å². The highest BCUT2D eigenvalue weighted by Gasteiger charge is 2.15. The van der Waals surface area contributed by atoms with Gasteiger partial charge < -0.3 is 5.32 Å². The van der Waals surface area contributed by atoms with Crippen LogP contribution in [-0.4, -0.2) is 20.6 Å². The summed E-state index contributed by atoms with van der Waals surface area (Å²) >= 11 is 1.55. The van der Waals surface area contributed by atoms with Crippen molar-refractivity contribution >= 4 is 39.1 Å². The zero-order valence-electron chi connectivity index (χ0n) is 16.4. The number of thioether (sulfide) groups is 1. The standard InChI is InChI=1S/C22H22N2O3S2/c1-15-4-13-21(16(2)14-15)23-22(25)17-5-7-18(8-6-17)24-29(26,27)20-11-9-19(28-3)10-12-20/h4-14,24H,1-3H3,(H,23,25). The first-order chi connectivity index (χ1) is 13.8. The summed E-state index contributed by atoms with van der Waals surface area (Å²) in [5, 5.41) is 2.88. The number of sulfonamides is 1. The molecule has 0 saturated carbocycles. The lowest BCUT2D eigenvalue weighted by Gasteiger charge is -2.11. The lowest BCUT2D eigenvalue weighted by atomic mass is 10.1. The van der Waals surface area contributed by atoms with E-state index < -0.39 is 10.0 Å². The lowest BCUT2D eigenvalue weighted by Crippen LogP contribution is -2.14. The maximum absolute atomic E-state index is 12.5. The van der Waals surface area contributed by atoms with Crippen molar-refractivity contribution in [3.05, 3.63) is 83.4 Å². The molecule has 0 radical (unpaired) electrons. The van der Waals surface area contributed by atoms with Gasteiger partial charge in [-0.1, -0.05) is 17.7 Å². The number of amides is 1. The molecule has 0 aliphatic rings. The summed E-state index contributed by atoms with van der Waals surface area (Å²) in [6.07, 6.45) is 1.93. The highest BCUT2D eigenvalue weighted by molar-refractivity contribution is 7.98. The van der Waals surface area contributed by atoms with Gasteiger partial charge in [0.25, 0.3) is 15.9 Å². The average molecular weight is 427 g/mol. The van der Waals surface area contributed by atoms with Crippen molar-refractivity contribution in [3.8, 4) is 0 Å². The number of rotatable bonds is 6. The number of aryl methyl sites for hydroxylation is 2. The smallest absolute Gasteiger partial charge is 0.261 e. The summed E-state index contributed by atoms with van der Waals surface area (Å²) < 4.78 is 27.6. The lowest BCUT2D eigenvalue weighted by molar-refractivity contribution is 0.102. The Balaban J connectivity index is 1.71. The Labute approximate surface area is 175 Å². The normalized spacial score (nSPS) is 11.1. The molecule has 3 aromatic carbocycles. The Morgan fingerprint density at radius 3 is 2.14 bits per heavy atom. The summed E-state index contributed by atoms with van der Waals surface area (Å²) in [6, 6.07) is 18.8. The van der Waals surface area contributed by atoms with Gasteiger partial charge >= 0.3 is 0 Å². The van der Waals surface area contributed by atoms with E-state index >= 15 is 0 Å². The number of benzene rings is 3.